The molecule has 0 radical (unpaired) electrons. The SMILES string of the molecule is CN1Cc2c(Br)cc(Cl)cc2C(c2ccccc2N2CCCC2)C1. The van der Waals surface area contributed by atoms with Crippen LogP contribution in [0.25, 0.3) is 0 Å². The first-order chi connectivity index (χ1) is 11.6. The maximum Gasteiger partial charge on any atom is 0.0420 e. The quantitative estimate of drug-likeness (QED) is 0.670. The van der Waals surface area contributed by atoms with Crippen LogP contribution in [0.1, 0.15) is 35.4 Å². The molecule has 0 N–H and O–H groups in total. The van der Waals surface area contributed by atoms with Gasteiger partial charge in [-0.25, -0.2) is 0 Å². The van der Waals surface area contributed by atoms with Crippen molar-refractivity contribution in [3.63, 3.8) is 0 Å². The number of anilines is 1. The van der Waals surface area contributed by atoms with Gasteiger partial charge in [-0.05, 0) is 54.8 Å². The van der Waals surface area contributed by atoms with Gasteiger partial charge in [0, 0.05) is 47.3 Å². The first-order valence-corrected chi connectivity index (χ1v) is 9.81. The van der Waals surface area contributed by atoms with Gasteiger partial charge in [-0.1, -0.05) is 45.7 Å². The van der Waals surface area contributed by atoms with Crippen LogP contribution < -0.4 is 4.90 Å². The van der Waals surface area contributed by atoms with Gasteiger partial charge in [0.2, 0.25) is 0 Å². The minimum atomic E-state index is 0.366. The summed E-state index contributed by atoms with van der Waals surface area (Å²) >= 11 is 10.1. The fourth-order valence-corrected chi connectivity index (χ4v) is 5.10. The molecule has 126 valence electrons. The van der Waals surface area contributed by atoms with Crippen LogP contribution in [0.5, 0.6) is 0 Å². The molecule has 24 heavy (non-hydrogen) atoms. The Morgan fingerprint density at radius 2 is 1.83 bits per heavy atom. The first-order valence-electron chi connectivity index (χ1n) is 8.63. The number of rotatable bonds is 2. The second-order valence-corrected chi connectivity index (χ2v) is 8.25. The summed E-state index contributed by atoms with van der Waals surface area (Å²) in [6.07, 6.45) is 2.60. The van der Waals surface area contributed by atoms with Gasteiger partial charge in [0.1, 0.15) is 0 Å². The Labute approximate surface area is 157 Å². The largest absolute Gasteiger partial charge is 0.371 e. The zero-order valence-corrected chi connectivity index (χ0v) is 16.3. The van der Waals surface area contributed by atoms with Crippen LogP contribution >= 0.6 is 27.5 Å². The van der Waals surface area contributed by atoms with E-state index < -0.39 is 0 Å². The second-order valence-electron chi connectivity index (χ2n) is 6.96. The van der Waals surface area contributed by atoms with Gasteiger partial charge in [0.05, 0.1) is 0 Å². The van der Waals surface area contributed by atoms with Crippen molar-refractivity contribution in [3.05, 3.63) is 62.6 Å². The predicted octanol–water partition coefficient (Wildman–Crippen LogP) is 5.28. The molecule has 2 nitrogen and oxygen atoms in total. The van der Waals surface area contributed by atoms with Gasteiger partial charge in [-0.15, -0.1) is 0 Å². The van der Waals surface area contributed by atoms with Crippen molar-refractivity contribution in [2.75, 3.05) is 31.6 Å². The third-order valence-corrected chi connectivity index (χ3v) is 6.18. The summed E-state index contributed by atoms with van der Waals surface area (Å²) in [5.74, 6) is 0.366. The molecule has 1 atom stereocenters. The Hall–Kier alpha value is -1.03. The lowest BCUT2D eigenvalue weighted by molar-refractivity contribution is 0.294. The van der Waals surface area contributed by atoms with E-state index in [1.54, 1.807) is 0 Å². The van der Waals surface area contributed by atoms with Gasteiger partial charge in [0.15, 0.2) is 0 Å². The molecule has 2 aromatic rings. The molecule has 0 amide bonds. The normalized spacial score (nSPS) is 21.1. The summed E-state index contributed by atoms with van der Waals surface area (Å²) in [6.45, 7) is 4.34. The van der Waals surface area contributed by atoms with Crippen molar-refractivity contribution in [1.82, 2.24) is 4.90 Å². The highest BCUT2D eigenvalue weighted by Crippen LogP contribution is 2.41. The number of benzene rings is 2. The van der Waals surface area contributed by atoms with Crippen molar-refractivity contribution in [2.24, 2.45) is 0 Å². The molecular weight excluding hydrogens is 384 g/mol. The smallest absolute Gasteiger partial charge is 0.0420 e. The Morgan fingerprint density at radius 1 is 1.08 bits per heavy atom. The Bertz CT molecular complexity index is 755. The lowest BCUT2D eigenvalue weighted by Gasteiger charge is -2.35. The van der Waals surface area contributed by atoms with Crippen LogP contribution in [0, 0.1) is 0 Å². The van der Waals surface area contributed by atoms with E-state index in [1.165, 1.54) is 48.3 Å². The van der Waals surface area contributed by atoms with Crippen LogP contribution in [0.15, 0.2) is 40.9 Å². The molecule has 2 aliphatic heterocycles. The van der Waals surface area contributed by atoms with E-state index in [0.717, 1.165) is 22.6 Å². The summed E-state index contributed by atoms with van der Waals surface area (Å²) in [5, 5.41) is 0.814. The maximum atomic E-state index is 6.38. The van der Waals surface area contributed by atoms with Crippen molar-refractivity contribution < 1.29 is 0 Å². The molecule has 1 saturated heterocycles. The topological polar surface area (TPSA) is 6.48 Å². The van der Waals surface area contributed by atoms with Crippen LogP contribution in [0.2, 0.25) is 5.02 Å². The number of hydrogen-bond acceptors (Lipinski definition) is 2. The zero-order chi connectivity index (χ0) is 16.7. The summed E-state index contributed by atoms with van der Waals surface area (Å²) in [7, 11) is 2.20. The zero-order valence-electron chi connectivity index (χ0n) is 13.9. The molecule has 2 aliphatic rings. The summed E-state index contributed by atoms with van der Waals surface area (Å²) < 4.78 is 1.13. The van der Waals surface area contributed by atoms with Crippen LogP contribution in [0.3, 0.4) is 0 Å². The van der Waals surface area contributed by atoms with Crippen molar-refractivity contribution in [1.29, 1.82) is 0 Å². The minimum Gasteiger partial charge on any atom is -0.371 e. The van der Waals surface area contributed by atoms with E-state index in [2.05, 4.69) is 63.1 Å². The number of likely N-dealkylation sites (N-methyl/N-ethyl adjacent to an activating group) is 1. The summed E-state index contributed by atoms with van der Waals surface area (Å²) in [6, 6.07) is 13.1. The Morgan fingerprint density at radius 3 is 2.62 bits per heavy atom. The fourth-order valence-electron chi connectivity index (χ4n) is 4.14. The molecule has 1 fully saturated rings. The average Bonchev–Trinajstić information content (AvgIpc) is 3.09. The Kier molecular flexibility index (Phi) is 4.59. The van der Waals surface area contributed by atoms with Gasteiger partial charge in [-0.2, -0.15) is 0 Å². The van der Waals surface area contributed by atoms with Crippen molar-refractivity contribution in [3.8, 4) is 0 Å². The molecule has 0 bridgehead atoms. The first kappa shape index (κ1) is 16.4. The van der Waals surface area contributed by atoms with Crippen LogP contribution in [0.4, 0.5) is 5.69 Å². The maximum absolute atomic E-state index is 6.38. The number of nitrogens with zero attached hydrogens (tertiary/aromatic N) is 2. The standard InChI is InChI=1S/C20H22BrClN2/c1-23-12-17(16-10-14(22)11-19(21)18(16)13-23)15-6-2-3-7-20(15)24-8-4-5-9-24/h2-3,6-7,10-11,17H,4-5,8-9,12-13H2,1H3. The minimum absolute atomic E-state index is 0.366. The van der Waals surface area contributed by atoms with E-state index >= 15 is 0 Å². The fraction of sp³-hybridized carbons (Fsp3) is 0.400. The highest BCUT2D eigenvalue weighted by Gasteiger charge is 2.29. The number of fused-ring (bicyclic) bond motifs is 1. The summed E-state index contributed by atoms with van der Waals surface area (Å²) in [5.41, 5.74) is 5.58. The van der Waals surface area contributed by atoms with Gasteiger partial charge >= 0.3 is 0 Å². The van der Waals surface area contributed by atoms with E-state index in [9.17, 15) is 0 Å². The lowest BCUT2D eigenvalue weighted by Crippen LogP contribution is -2.32. The molecule has 0 aliphatic carbocycles. The molecule has 4 rings (SSSR count). The third kappa shape index (κ3) is 2.98. The van der Waals surface area contributed by atoms with E-state index in [4.69, 9.17) is 11.6 Å². The molecule has 0 spiro atoms. The summed E-state index contributed by atoms with van der Waals surface area (Å²) in [4.78, 5) is 4.95. The van der Waals surface area contributed by atoms with Crippen LogP contribution in [-0.4, -0.2) is 31.6 Å². The predicted molar refractivity (Wildman–Crippen MR) is 105 cm³/mol. The van der Waals surface area contributed by atoms with Crippen LogP contribution in [-0.2, 0) is 6.54 Å². The molecule has 0 aromatic heterocycles. The van der Waals surface area contributed by atoms with Crippen molar-refractivity contribution >= 4 is 33.2 Å². The molecular formula is C20H22BrClN2. The monoisotopic (exact) mass is 404 g/mol. The number of para-hydroxylation sites is 1. The Balaban J connectivity index is 1.84. The number of hydrogen-bond donors (Lipinski definition) is 0. The lowest BCUT2D eigenvalue weighted by atomic mass is 9.84. The van der Waals surface area contributed by atoms with E-state index in [1.807, 2.05) is 6.07 Å². The van der Waals surface area contributed by atoms with E-state index in [0.29, 0.717) is 5.92 Å². The second kappa shape index (κ2) is 6.70. The van der Waals surface area contributed by atoms with Gasteiger partial charge in [0.25, 0.3) is 0 Å². The molecule has 0 saturated carbocycles. The third-order valence-electron chi connectivity index (χ3n) is 5.25. The molecule has 2 heterocycles. The molecule has 2 aromatic carbocycles. The molecule has 1 unspecified atom stereocenters. The van der Waals surface area contributed by atoms with Gasteiger partial charge in [-0.3, -0.25) is 0 Å². The molecule has 4 heteroatoms. The highest BCUT2D eigenvalue weighted by atomic mass is 79.9. The highest BCUT2D eigenvalue weighted by molar-refractivity contribution is 9.10. The van der Waals surface area contributed by atoms with Crippen molar-refractivity contribution in [2.45, 2.75) is 25.3 Å². The van der Waals surface area contributed by atoms with Gasteiger partial charge < -0.3 is 9.80 Å². The average molecular weight is 406 g/mol. The number of halogens is 2. The van der Waals surface area contributed by atoms with E-state index in [-0.39, 0.29) is 0 Å².